The van der Waals surface area contributed by atoms with E-state index in [0.717, 1.165) is 18.5 Å². The van der Waals surface area contributed by atoms with Crippen molar-refractivity contribution >= 4 is 39.2 Å². The Labute approximate surface area is 244 Å². The summed E-state index contributed by atoms with van der Waals surface area (Å²) in [5.41, 5.74) is 3.11. The van der Waals surface area contributed by atoms with Gasteiger partial charge in [-0.15, -0.1) is 0 Å². The summed E-state index contributed by atoms with van der Waals surface area (Å²) in [6.45, 7) is 12.2. The summed E-state index contributed by atoms with van der Waals surface area (Å²) in [5.74, 6) is 0.479. The Morgan fingerprint density at radius 2 is 1.93 bits per heavy atom. The largest absolute Gasteiger partial charge is 0.351 e. The first-order chi connectivity index (χ1) is 19.6. The van der Waals surface area contributed by atoms with E-state index in [1.165, 1.54) is 16.8 Å². The molecule has 5 rings (SSSR count). The first kappa shape index (κ1) is 28.9. The smallest absolute Gasteiger partial charge is 0.231 e. The molecule has 1 aromatic carbocycles. The summed E-state index contributed by atoms with van der Waals surface area (Å²) in [6.07, 6.45) is 8.31. The fourth-order valence-electron chi connectivity index (χ4n) is 5.15. The molecule has 41 heavy (non-hydrogen) atoms. The van der Waals surface area contributed by atoms with Gasteiger partial charge in [0.25, 0.3) is 0 Å². The van der Waals surface area contributed by atoms with Crippen molar-refractivity contribution in [2.45, 2.75) is 44.8 Å². The lowest BCUT2D eigenvalue weighted by atomic mass is 10.1. The monoisotopic (exact) mass is 597 g/mol. The molecule has 2 saturated heterocycles. The SMILES string of the molecule is [C-]#[N+]c1cnc(NC2CCN(S(C)(=O)=O)CC2)nc1-c1cnn(-c2ccc(CN[C@H]3CCN(C(C)=O)C3)cc2Cl)c1. The Balaban J connectivity index is 1.26. The van der Waals surface area contributed by atoms with Crippen molar-refractivity contribution in [1.82, 2.24) is 34.3 Å². The molecule has 0 saturated carbocycles. The first-order valence-electron chi connectivity index (χ1n) is 13.4. The summed E-state index contributed by atoms with van der Waals surface area (Å²) >= 11 is 6.64. The van der Waals surface area contributed by atoms with Crippen LogP contribution < -0.4 is 10.6 Å². The van der Waals surface area contributed by atoms with E-state index in [4.69, 9.17) is 18.2 Å². The van der Waals surface area contributed by atoms with Crippen molar-refractivity contribution in [3.8, 4) is 16.9 Å². The third-order valence-corrected chi connectivity index (χ3v) is 9.10. The number of rotatable bonds is 8. The Bertz CT molecular complexity index is 1580. The van der Waals surface area contributed by atoms with Gasteiger partial charge in [0.05, 0.1) is 35.4 Å². The predicted octanol–water partition coefficient (Wildman–Crippen LogP) is 3.08. The topological polar surface area (TPSA) is 130 Å². The van der Waals surface area contributed by atoms with Crippen LogP contribution in [0.25, 0.3) is 21.8 Å². The molecule has 3 aromatic rings. The molecular weight excluding hydrogens is 566 g/mol. The van der Waals surface area contributed by atoms with Crippen molar-refractivity contribution in [2.75, 3.05) is 37.8 Å². The zero-order chi connectivity index (χ0) is 29.1. The van der Waals surface area contributed by atoms with Crippen LogP contribution in [0.5, 0.6) is 0 Å². The van der Waals surface area contributed by atoms with Gasteiger partial charge in [-0.2, -0.15) is 5.10 Å². The molecule has 2 N–H and O–H groups in total. The number of carbonyl (C=O) groups excluding carboxylic acids is 1. The molecule has 0 unspecified atom stereocenters. The maximum absolute atomic E-state index is 11.8. The third kappa shape index (κ3) is 6.84. The number of likely N-dealkylation sites (tertiary alicyclic amines) is 1. The quantitative estimate of drug-likeness (QED) is 0.379. The predicted molar refractivity (Wildman–Crippen MR) is 156 cm³/mol. The average Bonchev–Trinajstić information content (AvgIpc) is 3.62. The van der Waals surface area contributed by atoms with Crippen molar-refractivity contribution in [3.63, 3.8) is 0 Å². The van der Waals surface area contributed by atoms with Crippen LogP contribution in [0, 0.1) is 6.57 Å². The minimum absolute atomic E-state index is 0.0240. The average molecular weight is 598 g/mol. The number of halogens is 1. The summed E-state index contributed by atoms with van der Waals surface area (Å²) in [6, 6.07) is 6.07. The second kappa shape index (κ2) is 12.1. The van der Waals surface area contributed by atoms with Crippen molar-refractivity contribution in [1.29, 1.82) is 0 Å². The van der Waals surface area contributed by atoms with E-state index >= 15 is 0 Å². The zero-order valence-corrected chi connectivity index (χ0v) is 24.5. The van der Waals surface area contributed by atoms with Crippen molar-refractivity contribution < 1.29 is 13.2 Å². The normalized spacial score (nSPS) is 18.4. The molecular formula is C27H32ClN9O3S. The zero-order valence-electron chi connectivity index (χ0n) is 22.9. The lowest BCUT2D eigenvalue weighted by molar-refractivity contribution is -0.127. The van der Waals surface area contributed by atoms with Gasteiger partial charge in [-0.1, -0.05) is 17.7 Å². The highest BCUT2D eigenvalue weighted by atomic mass is 35.5. The van der Waals surface area contributed by atoms with E-state index in [0.29, 0.717) is 72.6 Å². The molecule has 14 heteroatoms. The van der Waals surface area contributed by atoms with E-state index in [2.05, 4.69) is 30.5 Å². The molecule has 4 heterocycles. The number of carbonyl (C=O) groups is 1. The lowest BCUT2D eigenvalue weighted by Crippen LogP contribution is -2.42. The van der Waals surface area contributed by atoms with Gasteiger partial charge in [0.15, 0.2) is 0 Å². The van der Waals surface area contributed by atoms with E-state index in [1.807, 2.05) is 23.1 Å². The molecule has 0 radical (unpaired) electrons. The maximum Gasteiger partial charge on any atom is 0.231 e. The maximum atomic E-state index is 11.8. The highest BCUT2D eigenvalue weighted by Crippen LogP contribution is 2.31. The molecule has 1 atom stereocenters. The fraction of sp³-hybridized carbons (Fsp3) is 0.444. The van der Waals surface area contributed by atoms with Crippen LogP contribution in [-0.2, 0) is 21.4 Å². The summed E-state index contributed by atoms with van der Waals surface area (Å²) in [7, 11) is -3.20. The number of piperidine rings is 1. The molecule has 216 valence electrons. The number of nitrogens with zero attached hydrogens (tertiary/aromatic N) is 7. The van der Waals surface area contributed by atoms with Crippen LogP contribution >= 0.6 is 11.6 Å². The summed E-state index contributed by atoms with van der Waals surface area (Å²) < 4.78 is 26.7. The van der Waals surface area contributed by atoms with Crippen LogP contribution in [0.3, 0.4) is 0 Å². The molecule has 0 bridgehead atoms. The van der Waals surface area contributed by atoms with Crippen LogP contribution in [0.2, 0.25) is 5.02 Å². The number of hydrogen-bond donors (Lipinski definition) is 2. The van der Waals surface area contributed by atoms with Gasteiger partial charge >= 0.3 is 0 Å². The molecule has 1 amide bonds. The van der Waals surface area contributed by atoms with Crippen molar-refractivity contribution in [3.05, 3.63) is 58.8 Å². The Morgan fingerprint density at radius 1 is 1.17 bits per heavy atom. The summed E-state index contributed by atoms with van der Waals surface area (Å²) in [4.78, 5) is 25.9. The molecule has 0 spiro atoms. The lowest BCUT2D eigenvalue weighted by Gasteiger charge is -2.30. The minimum atomic E-state index is -3.20. The van der Waals surface area contributed by atoms with Gasteiger partial charge in [-0.25, -0.2) is 32.2 Å². The van der Waals surface area contributed by atoms with Gasteiger partial charge in [0.1, 0.15) is 0 Å². The third-order valence-electron chi connectivity index (χ3n) is 7.49. The first-order valence-corrected chi connectivity index (χ1v) is 15.6. The van der Waals surface area contributed by atoms with Gasteiger partial charge in [-0.3, -0.25) is 4.79 Å². The van der Waals surface area contributed by atoms with Gasteiger partial charge in [0, 0.05) is 69.7 Å². The Kier molecular flexibility index (Phi) is 8.55. The van der Waals surface area contributed by atoms with Crippen LogP contribution in [-0.4, -0.2) is 87.8 Å². The molecule has 12 nitrogen and oxygen atoms in total. The number of benzene rings is 1. The van der Waals surface area contributed by atoms with Crippen LogP contribution in [0.4, 0.5) is 11.6 Å². The van der Waals surface area contributed by atoms with Crippen LogP contribution in [0.1, 0.15) is 31.7 Å². The number of sulfonamides is 1. The fourth-order valence-corrected chi connectivity index (χ4v) is 6.32. The van der Waals surface area contributed by atoms with Crippen molar-refractivity contribution in [2.24, 2.45) is 0 Å². The molecule has 2 aromatic heterocycles. The number of nitrogens with one attached hydrogen (secondary N) is 2. The van der Waals surface area contributed by atoms with E-state index in [1.54, 1.807) is 24.0 Å². The van der Waals surface area contributed by atoms with Gasteiger partial charge in [-0.05, 0) is 37.0 Å². The van der Waals surface area contributed by atoms with Gasteiger partial charge < -0.3 is 15.5 Å². The number of amides is 1. The standard InChI is InChI=1S/C27H32ClN9O3S/c1-18(38)35-9-6-22(17-35)30-13-19-4-5-25(23(28)12-19)37-16-20(14-32-37)26-24(29-2)15-31-27(34-26)33-21-7-10-36(11-8-21)41(3,39)40/h4-5,12,14-16,21-22,30H,6-11,13,17H2,1,3H3,(H,31,33,34)/t22-/m0/s1. The molecule has 0 aliphatic carbocycles. The molecule has 2 aliphatic rings. The Morgan fingerprint density at radius 3 is 2.59 bits per heavy atom. The Hall–Kier alpha value is -3.57. The number of hydrogen-bond acceptors (Lipinski definition) is 8. The minimum Gasteiger partial charge on any atom is -0.351 e. The van der Waals surface area contributed by atoms with E-state index in [9.17, 15) is 13.2 Å². The number of anilines is 1. The van der Waals surface area contributed by atoms with Crippen LogP contribution in [0.15, 0.2) is 36.8 Å². The highest BCUT2D eigenvalue weighted by molar-refractivity contribution is 7.88. The van der Waals surface area contributed by atoms with Gasteiger partial charge in [0.2, 0.25) is 27.6 Å². The van der Waals surface area contributed by atoms with E-state index < -0.39 is 10.0 Å². The second-order valence-electron chi connectivity index (χ2n) is 10.4. The van der Waals surface area contributed by atoms with E-state index in [-0.39, 0.29) is 18.0 Å². The highest BCUT2D eigenvalue weighted by Gasteiger charge is 2.26. The second-order valence-corrected chi connectivity index (χ2v) is 12.8. The molecule has 2 fully saturated rings. The summed E-state index contributed by atoms with van der Waals surface area (Å²) in [5, 5.41) is 11.8. The number of aromatic nitrogens is 4. The molecule has 2 aliphatic heterocycles.